The zero-order chi connectivity index (χ0) is 17.6. The number of fused-ring (bicyclic) bond motifs is 1. The molecule has 0 aromatic heterocycles. The Morgan fingerprint density at radius 2 is 1.96 bits per heavy atom. The Labute approximate surface area is 159 Å². The van der Waals surface area contributed by atoms with Crippen LogP contribution in [0.3, 0.4) is 0 Å². The third-order valence-electron chi connectivity index (χ3n) is 3.61. The normalized spacial score (nSPS) is 10.9. The summed E-state index contributed by atoms with van der Waals surface area (Å²) in [6.45, 7) is 0.496. The molecule has 0 heterocycles. The molecule has 25 heavy (non-hydrogen) atoms. The molecule has 6 heteroatoms. The Hall–Kier alpha value is -2.44. The maximum absolute atomic E-state index is 5.98. The van der Waals surface area contributed by atoms with Gasteiger partial charge in [0.2, 0.25) is 0 Å². The Kier molecular flexibility index (Phi) is 5.63. The van der Waals surface area contributed by atoms with Crippen LogP contribution >= 0.6 is 28.1 Å². The molecule has 4 nitrogen and oxygen atoms in total. The zero-order valence-corrected chi connectivity index (χ0v) is 15.7. The van der Waals surface area contributed by atoms with Gasteiger partial charge in [0, 0.05) is 0 Å². The molecule has 126 valence electrons. The fraction of sp³-hybridized carbons (Fsp3) is 0.0526. The van der Waals surface area contributed by atoms with E-state index in [9.17, 15) is 0 Å². The summed E-state index contributed by atoms with van der Waals surface area (Å²) in [6, 6.07) is 20.2. The zero-order valence-electron chi connectivity index (χ0n) is 13.3. The molecule has 0 fully saturated rings. The van der Waals surface area contributed by atoms with Gasteiger partial charge >= 0.3 is 0 Å². The lowest BCUT2D eigenvalue weighted by molar-refractivity contribution is 0.305. The average Bonchev–Trinajstić information content (AvgIpc) is 2.61. The average molecular weight is 414 g/mol. The second kappa shape index (κ2) is 8.09. The number of nitrogens with zero attached hydrogens (tertiary/aromatic N) is 1. The van der Waals surface area contributed by atoms with Gasteiger partial charge in [-0.15, -0.1) is 0 Å². The molecule has 0 aliphatic heterocycles. The molecule has 3 rings (SSSR count). The maximum Gasteiger partial charge on any atom is 0.184 e. The Morgan fingerprint density at radius 1 is 1.16 bits per heavy atom. The van der Waals surface area contributed by atoms with Gasteiger partial charge < -0.3 is 10.5 Å². The lowest BCUT2D eigenvalue weighted by atomic mass is 10.1. The maximum atomic E-state index is 5.98. The van der Waals surface area contributed by atoms with Crippen molar-refractivity contribution in [3.63, 3.8) is 0 Å². The van der Waals surface area contributed by atoms with Crippen LogP contribution in [0.4, 0.5) is 0 Å². The summed E-state index contributed by atoms with van der Waals surface area (Å²) in [6.07, 6.45) is 1.64. The lowest BCUT2D eigenvalue weighted by Crippen LogP contribution is -2.23. The van der Waals surface area contributed by atoms with Crippen LogP contribution in [0.25, 0.3) is 10.8 Å². The highest BCUT2D eigenvalue weighted by molar-refractivity contribution is 9.10. The molecule has 0 saturated heterocycles. The van der Waals surface area contributed by atoms with Gasteiger partial charge in [-0.2, -0.15) is 5.10 Å². The molecule has 0 spiro atoms. The number of rotatable bonds is 5. The summed E-state index contributed by atoms with van der Waals surface area (Å²) in [4.78, 5) is 0. The molecule has 0 amide bonds. The minimum absolute atomic E-state index is 0.130. The number of ether oxygens (including phenoxy) is 1. The third-order valence-corrected chi connectivity index (χ3v) is 4.32. The third kappa shape index (κ3) is 4.55. The Balaban J connectivity index is 1.73. The number of halogens is 1. The molecule has 0 aliphatic carbocycles. The quantitative estimate of drug-likeness (QED) is 0.370. The van der Waals surface area contributed by atoms with Crippen molar-refractivity contribution in [3.8, 4) is 5.75 Å². The van der Waals surface area contributed by atoms with Crippen molar-refractivity contribution in [3.05, 3.63) is 76.3 Å². The Morgan fingerprint density at radius 3 is 2.76 bits per heavy atom. The van der Waals surface area contributed by atoms with Gasteiger partial charge in [0.15, 0.2) is 5.11 Å². The molecule has 3 N–H and O–H groups in total. The van der Waals surface area contributed by atoms with Gasteiger partial charge in [0.25, 0.3) is 0 Å². The Bertz CT molecular complexity index is 938. The van der Waals surface area contributed by atoms with Crippen molar-refractivity contribution < 1.29 is 4.74 Å². The van der Waals surface area contributed by atoms with E-state index in [0.717, 1.165) is 21.3 Å². The minimum Gasteiger partial charge on any atom is -0.488 e. The second-order valence-electron chi connectivity index (χ2n) is 5.35. The fourth-order valence-electron chi connectivity index (χ4n) is 2.46. The SMILES string of the molecule is NC(=S)NN=Cc1ccc(OCc2cccc3ccccc23)c(Br)c1. The monoisotopic (exact) mass is 413 g/mol. The summed E-state index contributed by atoms with van der Waals surface area (Å²) < 4.78 is 6.83. The standard InChI is InChI=1S/C19H16BrN3OS/c20-17-10-13(11-22-23-19(21)25)8-9-18(17)24-12-15-6-3-5-14-4-1-2-7-16(14)15/h1-11H,12H2,(H3,21,23,25). The lowest BCUT2D eigenvalue weighted by Gasteiger charge is -2.11. The number of hydrazone groups is 1. The van der Waals surface area contributed by atoms with Gasteiger partial charge in [-0.05, 0) is 68.2 Å². The van der Waals surface area contributed by atoms with Crippen LogP contribution in [-0.2, 0) is 6.61 Å². The van der Waals surface area contributed by atoms with E-state index in [-0.39, 0.29) is 5.11 Å². The van der Waals surface area contributed by atoms with Gasteiger partial charge in [0.1, 0.15) is 12.4 Å². The molecule has 0 radical (unpaired) electrons. The highest BCUT2D eigenvalue weighted by Crippen LogP contribution is 2.27. The van der Waals surface area contributed by atoms with Crippen molar-refractivity contribution >= 4 is 50.2 Å². The van der Waals surface area contributed by atoms with Crippen molar-refractivity contribution in [2.75, 3.05) is 0 Å². The van der Waals surface area contributed by atoms with Gasteiger partial charge in [-0.25, -0.2) is 0 Å². The van der Waals surface area contributed by atoms with E-state index in [4.69, 9.17) is 22.7 Å². The highest BCUT2D eigenvalue weighted by Gasteiger charge is 2.05. The van der Waals surface area contributed by atoms with Crippen molar-refractivity contribution in [2.24, 2.45) is 10.8 Å². The van der Waals surface area contributed by atoms with Crippen LogP contribution in [0, 0.1) is 0 Å². The summed E-state index contributed by atoms with van der Waals surface area (Å²) >= 11 is 8.23. The number of nitrogens with one attached hydrogen (secondary N) is 1. The highest BCUT2D eigenvalue weighted by atomic mass is 79.9. The second-order valence-corrected chi connectivity index (χ2v) is 6.65. The van der Waals surface area contributed by atoms with Gasteiger partial charge in [0.05, 0.1) is 10.7 Å². The topological polar surface area (TPSA) is 59.6 Å². The van der Waals surface area contributed by atoms with Crippen LogP contribution in [0.1, 0.15) is 11.1 Å². The number of hydrogen-bond donors (Lipinski definition) is 2. The smallest absolute Gasteiger partial charge is 0.184 e. The summed E-state index contributed by atoms with van der Waals surface area (Å²) in [7, 11) is 0. The molecule has 3 aromatic rings. The fourth-order valence-corrected chi connectivity index (χ4v) is 3.02. The summed E-state index contributed by atoms with van der Waals surface area (Å²) in [5.74, 6) is 0.771. The van der Waals surface area contributed by atoms with Crippen molar-refractivity contribution in [1.82, 2.24) is 5.43 Å². The largest absolute Gasteiger partial charge is 0.488 e. The molecule has 0 bridgehead atoms. The number of nitrogens with two attached hydrogens (primary N) is 1. The summed E-state index contributed by atoms with van der Waals surface area (Å²) in [5.41, 5.74) is 9.89. The predicted molar refractivity (Wildman–Crippen MR) is 110 cm³/mol. The van der Waals surface area contributed by atoms with E-state index in [0.29, 0.717) is 6.61 Å². The predicted octanol–water partition coefficient (Wildman–Crippen LogP) is 4.35. The van der Waals surface area contributed by atoms with Crippen LogP contribution < -0.4 is 15.9 Å². The number of thiocarbonyl (C=S) groups is 1. The van der Waals surface area contributed by atoms with E-state index in [1.54, 1.807) is 6.21 Å². The molecule has 0 atom stereocenters. The summed E-state index contributed by atoms with van der Waals surface area (Å²) in [5, 5.41) is 6.48. The minimum atomic E-state index is 0.130. The van der Waals surface area contributed by atoms with Crippen LogP contribution in [0.15, 0.2) is 70.2 Å². The molecular weight excluding hydrogens is 398 g/mol. The first-order chi connectivity index (χ1) is 12.1. The van der Waals surface area contributed by atoms with Crippen LogP contribution in [0.2, 0.25) is 0 Å². The van der Waals surface area contributed by atoms with Crippen LogP contribution in [-0.4, -0.2) is 11.3 Å². The first-order valence-corrected chi connectivity index (χ1v) is 8.81. The van der Waals surface area contributed by atoms with E-state index in [2.05, 4.69) is 50.7 Å². The molecular formula is C19H16BrN3OS. The van der Waals surface area contributed by atoms with E-state index in [1.807, 2.05) is 36.4 Å². The van der Waals surface area contributed by atoms with E-state index >= 15 is 0 Å². The first kappa shape index (κ1) is 17.4. The number of benzene rings is 3. The van der Waals surface area contributed by atoms with Gasteiger partial charge in [-0.1, -0.05) is 42.5 Å². The molecule has 0 aliphatic rings. The first-order valence-electron chi connectivity index (χ1n) is 7.61. The van der Waals surface area contributed by atoms with E-state index in [1.165, 1.54) is 10.8 Å². The van der Waals surface area contributed by atoms with E-state index < -0.39 is 0 Å². The molecule has 0 saturated carbocycles. The van der Waals surface area contributed by atoms with Crippen LogP contribution in [0.5, 0.6) is 5.75 Å². The van der Waals surface area contributed by atoms with Gasteiger partial charge in [-0.3, -0.25) is 5.43 Å². The van der Waals surface area contributed by atoms with Crippen molar-refractivity contribution in [1.29, 1.82) is 0 Å². The molecule has 3 aromatic carbocycles. The number of hydrogen-bond acceptors (Lipinski definition) is 3. The molecule has 0 unspecified atom stereocenters. The van der Waals surface area contributed by atoms with Crippen molar-refractivity contribution in [2.45, 2.75) is 6.61 Å².